The molecule has 0 radical (unpaired) electrons. The number of aromatic nitrogens is 5. The van der Waals surface area contributed by atoms with E-state index in [1.165, 1.54) is 0 Å². The topological polar surface area (TPSA) is 79.7 Å². The third kappa shape index (κ3) is 2.68. The van der Waals surface area contributed by atoms with E-state index in [2.05, 4.69) is 24.7 Å². The van der Waals surface area contributed by atoms with Gasteiger partial charge in [-0.1, -0.05) is 0 Å². The zero-order chi connectivity index (χ0) is 16.4. The molecule has 1 aliphatic heterocycles. The van der Waals surface area contributed by atoms with Gasteiger partial charge in [0, 0.05) is 43.4 Å². The minimum absolute atomic E-state index is 0.0142. The Balaban J connectivity index is 1.57. The van der Waals surface area contributed by atoms with Gasteiger partial charge in [-0.25, -0.2) is 4.98 Å². The maximum atomic E-state index is 13.0. The molecule has 7 nitrogen and oxygen atoms in total. The highest BCUT2D eigenvalue weighted by molar-refractivity contribution is 5.99. The summed E-state index contributed by atoms with van der Waals surface area (Å²) in [4.78, 5) is 23.0. The number of piperidine rings is 1. The van der Waals surface area contributed by atoms with Crippen molar-refractivity contribution in [1.29, 1.82) is 0 Å². The number of H-pyrrole nitrogens is 1. The third-order valence-corrected chi connectivity index (χ3v) is 4.47. The second-order valence-corrected chi connectivity index (χ2v) is 5.95. The lowest BCUT2D eigenvalue weighted by atomic mass is 10.0. The van der Waals surface area contributed by atoms with Crippen LogP contribution in [-0.2, 0) is 0 Å². The van der Waals surface area contributed by atoms with Gasteiger partial charge in [0.25, 0.3) is 5.91 Å². The fourth-order valence-corrected chi connectivity index (χ4v) is 3.23. The summed E-state index contributed by atoms with van der Waals surface area (Å²) in [5, 5.41) is 7.02. The van der Waals surface area contributed by atoms with Crippen molar-refractivity contribution in [2.75, 3.05) is 13.1 Å². The van der Waals surface area contributed by atoms with Crippen LogP contribution in [0.1, 0.15) is 29.2 Å². The third-order valence-electron chi connectivity index (χ3n) is 4.47. The largest absolute Gasteiger partial charge is 0.336 e. The van der Waals surface area contributed by atoms with E-state index in [4.69, 9.17) is 0 Å². The number of hydrogen-bond donors (Lipinski definition) is 1. The number of nitrogens with one attached hydrogen (secondary N) is 1. The highest BCUT2D eigenvalue weighted by Gasteiger charge is 2.27. The van der Waals surface area contributed by atoms with E-state index >= 15 is 0 Å². The predicted octanol–water partition coefficient (Wildman–Crippen LogP) is 2.15. The van der Waals surface area contributed by atoms with Crippen molar-refractivity contribution in [3.63, 3.8) is 0 Å². The zero-order valence-electron chi connectivity index (χ0n) is 13.2. The van der Waals surface area contributed by atoms with Crippen LogP contribution in [0.3, 0.4) is 0 Å². The Morgan fingerprint density at radius 2 is 2.08 bits per heavy atom. The van der Waals surface area contributed by atoms with Crippen molar-refractivity contribution in [1.82, 2.24) is 29.6 Å². The first-order chi connectivity index (χ1) is 11.8. The summed E-state index contributed by atoms with van der Waals surface area (Å²) >= 11 is 0. The van der Waals surface area contributed by atoms with E-state index in [9.17, 15) is 4.79 Å². The van der Waals surface area contributed by atoms with Gasteiger partial charge in [-0.2, -0.15) is 5.10 Å². The van der Waals surface area contributed by atoms with E-state index in [1.54, 1.807) is 24.8 Å². The fourth-order valence-electron chi connectivity index (χ4n) is 3.23. The van der Waals surface area contributed by atoms with E-state index in [-0.39, 0.29) is 11.9 Å². The molecule has 1 fully saturated rings. The zero-order valence-corrected chi connectivity index (χ0v) is 13.2. The number of aromatic amines is 1. The molecule has 1 N–H and O–H groups in total. The van der Waals surface area contributed by atoms with Crippen LogP contribution < -0.4 is 0 Å². The van der Waals surface area contributed by atoms with Crippen LogP contribution in [0.15, 0.2) is 49.4 Å². The van der Waals surface area contributed by atoms with Crippen LogP contribution in [0.25, 0.3) is 11.3 Å². The first-order valence-electron chi connectivity index (χ1n) is 8.03. The number of amides is 1. The van der Waals surface area contributed by atoms with E-state index in [1.807, 2.05) is 29.6 Å². The molecule has 24 heavy (non-hydrogen) atoms. The van der Waals surface area contributed by atoms with Crippen molar-refractivity contribution < 1.29 is 4.79 Å². The van der Waals surface area contributed by atoms with Crippen LogP contribution in [0.2, 0.25) is 0 Å². The SMILES string of the molecule is O=C(c1cn[nH]c1-c1ccncc1)N1CCCC(n2ccnc2)C1. The van der Waals surface area contributed by atoms with Crippen molar-refractivity contribution in [2.45, 2.75) is 18.9 Å². The molecule has 0 spiro atoms. The Hall–Kier alpha value is -2.96. The van der Waals surface area contributed by atoms with E-state index in [0.29, 0.717) is 12.1 Å². The minimum Gasteiger partial charge on any atom is -0.336 e. The Bertz CT molecular complexity index is 811. The molecular weight excluding hydrogens is 304 g/mol. The maximum Gasteiger partial charge on any atom is 0.257 e. The molecule has 1 aliphatic rings. The number of imidazole rings is 1. The summed E-state index contributed by atoms with van der Waals surface area (Å²) < 4.78 is 2.08. The van der Waals surface area contributed by atoms with Crippen molar-refractivity contribution >= 4 is 5.91 Å². The molecule has 1 amide bonds. The minimum atomic E-state index is 0.0142. The summed E-state index contributed by atoms with van der Waals surface area (Å²) in [6.07, 6.45) is 12.6. The van der Waals surface area contributed by atoms with Crippen LogP contribution in [0, 0.1) is 0 Å². The lowest BCUT2D eigenvalue weighted by molar-refractivity contribution is 0.0680. The molecule has 3 aromatic rings. The van der Waals surface area contributed by atoms with Gasteiger partial charge in [0.2, 0.25) is 0 Å². The summed E-state index contributed by atoms with van der Waals surface area (Å²) in [7, 11) is 0. The number of carbonyl (C=O) groups is 1. The number of hydrogen-bond acceptors (Lipinski definition) is 4. The van der Waals surface area contributed by atoms with Crippen LogP contribution >= 0.6 is 0 Å². The average molecular weight is 322 g/mol. The summed E-state index contributed by atoms with van der Waals surface area (Å²) in [6.45, 7) is 1.46. The van der Waals surface area contributed by atoms with Gasteiger partial charge in [0.05, 0.1) is 29.8 Å². The molecule has 1 saturated heterocycles. The lowest BCUT2D eigenvalue weighted by Crippen LogP contribution is -2.40. The van der Waals surface area contributed by atoms with Gasteiger partial charge >= 0.3 is 0 Å². The average Bonchev–Trinajstić information content (AvgIpc) is 3.34. The monoisotopic (exact) mass is 322 g/mol. The highest BCUT2D eigenvalue weighted by Crippen LogP contribution is 2.26. The number of rotatable bonds is 3. The van der Waals surface area contributed by atoms with Gasteiger partial charge in [0.15, 0.2) is 0 Å². The Labute approximate surface area is 139 Å². The molecule has 1 atom stereocenters. The highest BCUT2D eigenvalue weighted by atomic mass is 16.2. The molecular formula is C17H18N6O. The molecule has 122 valence electrons. The number of carbonyl (C=O) groups excluding carboxylic acids is 1. The molecule has 7 heteroatoms. The van der Waals surface area contributed by atoms with Crippen LogP contribution in [0.4, 0.5) is 0 Å². The predicted molar refractivity (Wildman–Crippen MR) is 88.2 cm³/mol. The second-order valence-electron chi connectivity index (χ2n) is 5.95. The Morgan fingerprint density at radius 3 is 2.88 bits per heavy atom. The molecule has 0 saturated carbocycles. The van der Waals surface area contributed by atoms with Gasteiger partial charge in [0.1, 0.15) is 0 Å². The van der Waals surface area contributed by atoms with Gasteiger partial charge in [-0.3, -0.25) is 14.9 Å². The lowest BCUT2D eigenvalue weighted by Gasteiger charge is -2.33. The molecule has 3 aromatic heterocycles. The van der Waals surface area contributed by atoms with Crippen LogP contribution in [-0.4, -0.2) is 48.6 Å². The Morgan fingerprint density at radius 1 is 1.21 bits per heavy atom. The number of likely N-dealkylation sites (tertiary alicyclic amines) is 1. The van der Waals surface area contributed by atoms with Crippen molar-refractivity contribution in [3.8, 4) is 11.3 Å². The molecule has 0 aromatic carbocycles. The Kier molecular flexibility index (Phi) is 3.82. The first kappa shape index (κ1) is 14.6. The number of pyridine rings is 1. The van der Waals surface area contributed by atoms with Gasteiger partial charge < -0.3 is 9.47 Å². The smallest absolute Gasteiger partial charge is 0.257 e. The standard InChI is InChI=1S/C17H18N6O/c24-17(15-10-20-21-16(15)13-3-5-18-6-4-13)22-8-1-2-14(11-22)23-9-7-19-12-23/h3-7,9-10,12,14H,1-2,8,11H2,(H,20,21). The summed E-state index contributed by atoms with van der Waals surface area (Å²) in [5.74, 6) is 0.0142. The molecule has 0 bridgehead atoms. The molecule has 4 heterocycles. The second kappa shape index (κ2) is 6.27. The summed E-state index contributed by atoms with van der Waals surface area (Å²) in [6, 6.07) is 4.02. The van der Waals surface area contributed by atoms with E-state index < -0.39 is 0 Å². The normalized spacial score (nSPS) is 17.8. The first-order valence-corrected chi connectivity index (χ1v) is 8.03. The van der Waals surface area contributed by atoms with Crippen molar-refractivity contribution in [2.24, 2.45) is 0 Å². The maximum absolute atomic E-state index is 13.0. The molecule has 4 rings (SSSR count). The van der Waals surface area contributed by atoms with E-state index in [0.717, 1.165) is 30.6 Å². The van der Waals surface area contributed by atoms with Crippen molar-refractivity contribution in [3.05, 3.63) is 55.0 Å². The fraction of sp³-hybridized carbons (Fsp3) is 0.294. The quantitative estimate of drug-likeness (QED) is 0.801. The van der Waals surface area contributed by atoms with Crippen LogP contribution in [0.5, 0.6) is 0 Å². The van der Waals surface area contributed by atoms with Gasteiger partial charge in [-0.05, 0) is 25.0 Å². The number of nitrogens with zero attached hydrogens (tertiary/aromatic N) is 5. The molecule has 0 aliphatic carbocycles. The summed E-state index contributed by atoms with van der Waals surface area (Å²) in [5.41, 5.74) is 2.26. The van der Waals surface area contributed by atoms with Gasteiger partial charge in [-0.15, -0.1) is 0 Å². The molecule has 1 unspecified atom stereocenters.